The van der Waals surface area contributed by atoms with Gasteiger partial charge in [0.05, 0.1) is 0 Å². The quantitative estimate of drug-likeness (QED) is 0.645. The maximum absolute atomic E-state index is 13.5. The molecule has 0 bridgehead atoms. The van der Waals surface area contributed by atoms with Gasteiger partial charge in [0.1, 0.15) is 29.8 Å². The van der Waals surface area contributed by atoms with Crippen molar-refractivity contribution in [1.82, 2.24) is 39.9 Å². The SMILES string of the molecule is Cc1nnnn1[C@@H](Cc1ccc(F)cc1)C(=O)N1CCC[C@@H](c2nncn2C)C1. The summed E-state index contributed by atoms with van der Waals surface area (Å²) in [5.74, 6) is 1.24. The van der Waals surface area contributed by atoms with Gasteiger partial charge in [0, 0.05) is 32.5 Å². The molecule has 1 aliphatic heterocycles. The van der Waals surface area contributed by atoms with Crippen LogP contribution in [-0.2, 0) is 18.3 Å². The van der Waals surface area contributed by atoms with Crippen LogP contribution in [-0.4, -0.2) is 58.9 Å². The average Bonchev–Trinajstić information content (AvgIpc) is 3.35. The van der Waals surface area contributed by atoms with Gasteiger partial charge in [-0.15, -0.1) is 15.3 Å². The zero-order chi connectivity index (χ0) is 20.4. The highest BCUT2D eigenvalue weighted by Gasteiger charge is 2.33. The molecule has 0 unspecified atom stereocenters. The number of hydrogen-bond acceptors (Lipinski definition) is 6. The van der Waals surface area contributed by atoms with Crippen LogP contribution in [0.3, 0.4) is 0 Å². The molecule has 1 fully saturated rings. The van der Waals surface area contributed by atoms with Gasteiger partial charge in [0.25, 0.3) is 0 Å². The van der Waals surface area contributed by atoms with E-state index >= 15 is 0 Å². The molecule has 152 valence electrons. The second kappa shape index (κ2) is 8.06. The Morgan fingerprint density at radius 1 is 1.28 bits per heavy atom. The minimum absolute atomic E-state index is 0.0448. The fraction of sp³-hybridized carbons (Fsp3) is 0.474. The molecule has 9 nitrogen and oxygen atoms in total. The third kappa shape index (κ3) is 4.01. The van der Waals surface area contributed by atoms with Crippen molar-refractivity contribution in [2.75, 3.05) is 13.1 Å². The Hall–Kier alpha value is -3.17. The number of hydrogen-bond donors (Lipinski definition) is 0. The van der Waals surface area contributed by atoms with E-state index < -0.39 is 6.04 Å². The standard InChI is InChI=1S/C19H23FN8O/c1-13-22-24-25-28(13)17(10-14-5-7-16(20)8-6-14)19(29)27-9-3-4-15(11-27)18-23-21-12-26(18)2/h5-8,12,15,17H,3-4,9-11H2,1-2H3/t15-,17+/m1/s1. The number of carbonyl (C=O) groups excluding carboxylic acids is 1. The lowest BCUT2D eigenvalue weighted by molar-refractivity contribution is -0.136. The van der Waals surface area contributed by atoms with E-state index in [-0.39, 0.29) is 17.6 Å². The first-order chi connectivity index (χ1) is 14.0. The van der Waals surface area contributed by atoms with Crippen LogP contribution >= 0.6 is 0 Å². The number of aromatic nitrogens is 7. The molecule has 0 spiro atoms. The van der Waals surface area contributed by atoms with Gasteiger partial charge >= 0.3 is 0 Å². The Morgan fingerprint density at radius 3 is 2.72 bits per heavy atom. The number of likely N-dealkylation sites (tertiary alicyclic amines) is 1. The molecule has 0 aliphatic carbocycles. The lowest BCUT2D eigenvalue weighted by Crippen LogP contribution is -2.44. The van der Waals surface area contributed by atoms with E-state index in [1.54, 1.807) is 30.1 Å². The summed E-state index contributed by atoms with van der Waals surface area (Å²) in [6.07, 6.45) is 3.91. The summed E-state index contributed by atoms with van der Waals surface area (Å²) in [5, 5.41) is 19.9. The maximum atomic E-state index is 13.5. The number of benzene rings is 1. The number of tetrazole rings is 1. The maximum Gasteiger partial charge on any atom is 0.247 e. The van der Waals surface area contributed by atoms with Crippen LogP contribution in [0.5, 0.6) is 0 Å². The topological polar surface area (TPSA) is 94.6 Å². The predicted octanol–water partition coefficient (Wildman–Crippen LogP) is 1.44. The van der Waals surface area contributed by atoms with Gasteiger partial charge in [-0.25, -0.2) is 9.07 Å². The van der Waals surface area contributed by atoms with Crippen molar-refractivity contribution in [2.45, 2.75) is 38.1 Å². The van der Waals surface area contributed by atoms with Crippen molar-refractivity contribution < 1.29 is 9.18 Å². The molecule has 1 saturated heterocycles. The van der Waals surface area contributed by atoms with Crippen LogP contribution < -0.4 is 0 Å². The van der Waals surface area contributed by atoms with Gasteiger partial charge in [-0.05, 0) is 47.9 Å². The third-order valence-corrected chi connectivity index (χ3v) is 5.42. The average molecular weight is 398 g/mol. The van der Waals surface area contributed by atoms with Crippen LogP contribution in [0.15, 0.2) is 30.6 Å². The van der Waals surface area contributed by atoms with Gasteiger partial charge in [0.15, 0.2) is 0 Å². The third-order valence-electron chi connectivity index (χ3n) is 5.42. The Bertz CT molecular complexity index is 982. The molecule has 2 aromatic heterocycles. The highest BCUT2D eigenvalue weighted by molar-refractivity contribution is 5.81. The number of rotatable bonds is 5. The Labute approximate surface area is 167 Å². The molecule has 1 aliphatic rings. The van der Waals surface area contributed by atoms with Crippen LogP contribution in [0, 0.1) is 12.7 Å². The smallest absolute Gasteiger partial charge is 0.247 e. The Morgan fingerprint density at radius 2 is 2.07 bits per heavy atom. The number of nitrogens with zero attached hydrogens (tertiary/aromatic N) is 8. The highest BCUT2D eigenvalue weighted by atomic mass is 19.1. The summed E-state index contributed by atoms with van der Waals surface area (Å²) in [6.45, 7) is 3.02. The van der Waals surface area contributed by atoms with E-state index in [1.807, 2.05) is 16.5 Å². The molecule has 3 heterocycles. The van der Waals surface area contributed by atoms with Crippen LogP contribution in [0.25, 0.3) is 0 Å². The molecular formula is C19H23FN8O. The number of aryl methyl sites for hydroxylation is 2. The molecule has 4 rings (SSSR count). The van der Waals surface area contributed by atoms with Crippen molar-refractivity contribution in [3.63, 3.8) is 0 Å². The van der Waals surface area contributed by atoms with Crippen LogP contribution in [0.2, 0.25) is 0 Å². The van der Waals surface area contributed by atoms with E-state index in [9.17, 15) is 9.18 Å². The fourth-order valence-corrected chi connectivity index (χ4v) is 3.91. The summed E-state index contributed by atoms with van der Waals surface area (Å²) >= 11 is 0. The van der Waals surface area contributed by atoms with Crippen molar-refractivity contribution in [3.05, 3.63) is 53.6 Å². The first-order valence-corrected chi connectivity index (χ1v) is 9.64. The van der Waals surface area contributed by atoms with Crippen molar-refractivity contribution in [2.24, 2.45) is 7.05 Å². The Balaban J connectivity index is 1.58. The van der Waals surface area contributed by atoms with Gasteiger partial charge in [-0.3, -0.25) is 4.79 Å². The number of halogens is 1. The van der Waals surface area contributed by atoms with Crippen molar-refractivity contribution in [1.29, 1.82) is 0 Å². The zero-order valence-electron chi connectivity index (χ0n) is 16.4. The molecule has 10 heteroatoms. The van der Waals surface area contributed by atoms with E-state index in [2.05, 4.69) is 25.7 Å². The molecule has 0 N–H and O–H groups in total. The largest absolute Gasteiger partial charge is 0.340 e. The van der Waals surface area contributed by atoms with Crippen LogP contribution in [0.4, 0.5) is 4.39 Å². The molecule has 3 aromatic rings. The monoisotopic (exact) mass is 398 g/mol. The molecule has 2 atom stereocenters. The molecular weight excluding hydrogens is 375 g/mol. The normalized spacial score (nSPS) is 18.0. The zero-order valence-corrected chi connectivity index (χ0v) is 16.4. The lowest BCUT2D eigenvalue weighted by atomic mass is 9.95. The van der Waals surface area contributed by atoms with Crippen molar-refractivity contribution in [3.8, 4) is 0 Å². The van der Waals surface area contributed by atoms with Gasteiger partial charge in [-0.2, -0.15) is 0 Å². The van der Waals surface area contributed by atoms with Gasteiger partial charge < -0.3 is 9.47 Å². The fourth-order valence-electron chi connectivity index (χ4n) is 3.91. The lowest BCUT2D eigenvalue weighted by Gasteiger charge is -2.34. The summed E-state index contributed by atoms with van der Waals surface area (Å²) < 4.78 is 16.8. The number of piperidine rings is 1. The number of carbonyl (C=O) groups is 1. The minimum Gasteiger partial charge on any atom is -0.340 e. The Kier molecular flexibility index (Phi) is 5.32. The minimum atomic E-state index is -0.589. The highest BCUT2D eigenvalue weighted by Crippen LogP contribution is 2.27. The predicted molar refractivity (Wildman–Crippen MR) is 101 cm³/mol. The molecule has 29 heavy (non-hydrogen) atoms. The number of amides is 1. The first-order valence-electron chi connectivity index (χ1n) is 9.64. The molecule has 0 radical (unpaired) electrons. The van der Waals surface area contributed by atoms with Gasteiger partial charge in [0.2, 0.25) is 5.91 Å². The first kappa shape index (κ1) is 19.2. The van der Waals surface area contributed by atoms with E-state index in [0.717, 1.165) is 24.2 Å². The van der Waals surface area contributed by atoms with E-state index in [0.29, 0.717) is 25.3 Å². The van der Waals surface area contributed by atoms with Gasteiger partial charge in [-0.1, -0.05) is 12.1 Å². The second-order valence-corrected chi connectivity index (χ2v) is 7.44. The second-order valence-electron chi connectivity index (χ2n) is 7.44. The van der Waals surface area contributed by atoms with Crippen molar-refractivity contribution >= 4 is 5.91 Å². The summed E-state index contributed by atoms with van der Waals surface area (Å²) in [6, 6.07) is 5.58. The molecule has 1 amide bonds. The van der Waals surface area contributed by atoms with E-state index in [1.165, 1.54) is 12.1 Å². The summed E-state index contributed by atoms with van der Waals surface area (Å²) in [4.78, 5) is 15.4. The molecule has 1 aromatic carbocycles. The summed E-state index contributed by atoms with van der Waals surface area (Å²) in [5.41, 5.74) is 0.849. The summed E-state index contributed by atoms with van der Waals surface area (Å²) in [7, 11) is 1.91. The van der Waals surface area contributed by atoms with E-state index in [4.69, 9.17) is 0 Å². The molecule has 0 saturated carbocycles. The van der Waals surface area contributed by atoms with Crippen LogP contribution in [0.1, 0.15) is 42.0 Å².